The van der Waals surface area contributed by atoms with Crippen LogP contribution in [0.1, 0.15) is 142 Å². The maximum absolute atomic E-state index is 16.7. The molecule has 10 heterocycles. The summed E-state index contributed by atoms with van der Waals surface area (Å²) in [6, 6.07) is 49.4. The van der Waals surface area contributed by atoms with E-state index in [1.54, 1.807) is 24.3 Å². The van der Waals surface area contributed by atoms with Crippen molar-refractivity contribution in [2.45, 2.75) is 128 Å². The third-order valence-electron chi connectivity index (χ3n) is 25.3. The molecule has 0 fully saturated rings. The van der Waals surface area contributed by atoms with Crippen LogP contribution < -0.4 is 30.9 Å². The summed E-state index contributed by atoms with van der Waals surface area (Å²) in [6.07, 6.45) is 14.8. The molecule has 0 spiro atoms. The van der Waals surface area contributed by atoms with Crippen molar-refractivity contribution in [3.8, 4) is 111 Å². The second-order valence-corrected chi connectivity index (χ2v) is 37.0. The largest absolute Gasteiger partial charge is 2.00 e. The number of benzene rings is 9. The molecule has 0 unspecified atom stereocenters. The first-order valence-corrected chi connectivity index (χ1v) is 45.1. The first-order valence-electron chi connectivity index (χ1n) is 42.9. The Kier molecular flexibility index (Phi) is 25.9. The molecule has 2 N–H and O–H groups in total. The molecule has 666 valence electrons. The Morgan fingerprint density at radius 1 is 0.296 bits per heavy atom. The van der Waals surface area contributed by atoms with Gasteiger partial charge in [-0.1, -0.05) is 163 Å². The molecule has 9 aromatic carbocycles. The summed E-state index contributed by atoms with van der Waals surface area (Å²) in [7, 11) is -5.40. The Hall–Kier alpha value is -13.0. The van der Waals surface area contributed by atoms with E-state index in [-0.39, 0.29) is 84.8 Å². The Morgan fingerprint density at radius 3 is 0.785 bits per heavy atom. The minimum Gasteiger partial charge on any atom is -0.744 e. The Morgan fingerprint density at radius 2 is 0.526 bits per heavy atom. The van der Waals surface area contributed by atoms with Gasteiger partial charge in [-0.25, -0.2) is 50.3 Å². The number of anilines is 1. The second kappa shape index (κ2) is 36.7. The molecule has 24 heteroatoms. The van der Waals surface area contributed by atoms with E-state index in [0.29, 0.717) is 157 Å². The quantitative estimate of drug-likeness (QED) is 0.0123. The molecular weight excluding hydrogens is 1850 g/mol. The number of rotatable bonds is 14. The number of nitrogens with two attached hydrogens (primary N) is 1. The van der Waals surface area contributed by atoms with Crippen molar-refractivity contribution in [3.05, 3.63) is 321 Å². The molecule has 135 heavy (non-hydrogen) atoms. The average Bonchev–Trinajstić information content (AvgIpc) is 1.48. The van der Waals surface area contributed by atoms with E-state index in [1.165, 1.54) is 24.3 Å². The van der Waals surface area contributed by atoms with Gasteiger partial charge in [0.25, 0.3) is 0 Å². The molecule has 4 aliphatic heterocycles. The monoisotopic (exact) mass is 1930 g/mol. The number of fused-ring (bicyclic) bond motifs is 16. The van der Waals surface area contributed by atoms with Crippen molar-refractivity contribution in [1.82, 2.24) is 39.9 Å². The van der Waals surface area contributed by atoms with Crippen LogP contribution in [0.3, 0.4) is 0 Å². The van der Waals surface area contributed by atoms with E-state index in [9.17, 15) is 18.2 Å². The van der Waals surface area contributed by atoms with Crippen LogP contribution in [-0.4, -0.2) is 32.9 Å². The predicted octanol–water partition coefficient (Wildman–Crippen LogP) is 26.8. The van der Waals surface area contributed by atoms with Crippen LogP contribution in [0.4, 0.5) is 27.6 Å². The van der Waals surface area contributed by atoms with Crippen LogP contribution in [0.5, 0.6) is 0 Å². The molecule has 0 saturated heterocycles. The molecule has 0 amide bonds. The fraction of sp³-hybridized carbons (Fsp3) is 0.153. The van der Waals surface area contributed by atoms with E-state index in [0.717, 1.165) is 106 Å². The third kappa shape index (κ3) is 16.8. The minimum atomic E-state index is -5.40. The zero-order valence-corrected chi connectivity index (χ0v) is 83.9. The van der Waals surface area contributed by atoms with Crippen LogP contribution in [0.25, 0.3) is 204 Å². The third-order valence-corrected chi connectivity index (χ3v) is 26.8. The molecule has 19 rings (SSSR count). The van der Waals surface area contributed by atoms with Crippen LogP contribution in [0, 0.1) is 140 Å². The Labute approximate surface area is 809 Å². The molecule has 15 nitrogen and oxygen atoms in total. The van der Waals surface area contributed by atoms with E-state index in [4.69, 9.17) is 49.9 Å². The van der Waals surface area contributed by atoms with Gasteiger partial charge in [-0.15, -0.1) is 44.1 Å². The number of aryl methyl sites for hydroxylation is 16. The zero-order chi connectivity index (χ0) is 93.0. The van der Waals surface area contributed by atoms with Gasteiger partial charge in [0.2, 0.25) is 5.82 Å². The summed E-state index contributed by atoms with van der Waals surface area (Å²) in [5, 5.41) is 16.3. The van der Waals surface area contributed by atoms with Gasteiger partial charge < -0.3 is 35.5 Å². The van der Waals surface area contributed by atoms with Crippen molar-refractivity contribution >= 4 is 121 Å². The van der Waals surface area contributed by atoms with Gasteiger partial charge in [-0.2, -0.15) is 4.33 Å². The summed E-state index contributed by atoms with van der Waals surface area (Å²) in [5.41, 5.74) is 37.6. The van der Waals surface area contributed by atoms with Crippen molar-refractivity contribution < 1.29 is 88.5 Å². The molecule has 16 bridgehead atoms. The number of nitrogen functional groups attached to an aromatic ring is 1. The summed E-state index contributed by atoms with van der Waals surface area (Å²) in [6.45, 7) is 31.8. The number of hydrogen-bond donors (Lipinski definition) is 1. The Bertz CT molecular complexity index is 7990. The summed E-state index contributed by atoms with van der Waals surface area (Å²) in [5.74, 6) is -10.7. The first kappa shape index (κ1) is 95.2. The van der Waals surface area contributed by atoms with Crippen LogP contribution in [-0.2, 0) is 58.4 Å². The van der Waals surface area contributed by atoms with Crippen molar-refractivity contribution in [3.63, 3.8) is 0 Å². The molecule has 4 aliphatic rings. The van der Waals surface area contributed by atoms with Crippen molar-refractivity contribution in [1.29, 1.82) is 0 Å². The molecule has 0 saturated carbocycles. The van der Waals surface area contributed by atoms with Crippen LogP contribution >= 0.6 is 12.0 Å². The van der Waals surface area contributed by atoms with Gasteiger partial charge >= 0.3 is 39.0 Å². The molecule has 0 radical (unpaired) electrons. The maximum atomic E-state index is 16.7. The SMILES string of the molecule is C.Cc1cc(C)c(-c2c3nc(c(-c4c(C)cc(-c5cc(S(=O)(=O)[O-])c(-c6cc(C)c(-c7c8nc(c(-c9c(C)cc(C)cc9C)c9ccc([n-]9)c(-c9c(F)c(F)c(F)c(F)c9F)c9nc(c(-c%10c(C)cc(C)cc%10C)c%10ccc7[n-]%10)C=C9)C=C8)c(C)c6)cc5SOO[O-])cc4C)c4ccc([n-]4)c(-c4c(C)cc(C)cc4C)c4nc(c(-c5ccc(N)cc5)c5ccc2[n-]5)C=C4)C=C3)c(C)c1.[Zn+2].[Zn+2]. The first-order chi connectivity index (χ1) is 63.1. The van der Waals surface area contributed by atoms with E-state index in [2.05, 4.69) is 70.8 Å². The maximum Gasteiger partial charge on any atom is 2.00 e. The van der Waals surface area contributed by atoms with E-state index < -0.39 is 55.2 Å². The summed E-state index contributed by atoms with van der Waals surface area (Å²) in [4.78, 5) is 43.2. The average molecular weight is 1930 g/mol. The fourth-order valence-corrected chi connectivity index (χ4v) is 21.6. The molecule has 0 atom stereocenters. The van der Waals surface area contributed by atoms with Gasteiger partial charge in [-0.05, 0) is 351 Å². The van der Waals surface area contributed by atoms with E-state index >= 15 is 22.0 Å². The summed E-state index contributed by atoms with van der Waals surface area (Å²) < 4.78 is 128. The van der Waals surface area contributed by atoms with E-state index in [1.807, 2.05) is 203 Å². The topological polar surface area (TPSA) is 233 Å². The number of hydrogen-bond acceptors (Lipinski definition) is 12. The molecule has 0 aliphatic carbocycles. The second-order valence-electron chi connectivity index (χ2n) is 34.9. The van der Waals surface area contributed by atoms with Crippen molar-refractivity contribution in [2.75, 3.05) is 5.73 Å². The van der Waals surface area contributed by atoms with Gasteiger partial charge in [0.05, 0.1) is 68.1 Å². The smallest absolute Gasteiger partial charge is 0.744 e. The van der Waals surface area contributed by atoms with Crippen LogP contribution in [0.15, 0.2) is 168 Å². The van der Waals surface area contributed by atoms with Crippen molar-refractivity contribution in [2.24, 2.45) is 0 Å². The zero-order valence-electron chi connectivity index (χ0n) is 76.4. The molecular formula is C111H88F5N9O6S2Zn2-2. The van der Waals surface area contributed by atoms with Gasteiger partial charge in [0, 0.05) is 16.1 Å². The minimum absolute atomic E-state index is 0. The normalized spacial score (nSPS) is 12.1. The Balaban J connectivity index is 0.00000441. The number of aromatic nitrogens is 8. The predicted molar refractivity (Wildman–Crippen MR) is 524 cm³/mol. The molecule has 15 aromatic rings. The van der Waals surface area contributed by atoms with Gasteiger partial charge in [0.1, 0.15) is 10.1 Å². The molecule has 6 aromatic heterocycles. The number of nitrogens with zero attached hydrogens (tertiary/aromatic N) is 8. The van der Waals surface area contributed by atoms with Gasteiger partial charge in [-0.3, -0.25) is 5.04 Å². The van der Waals surface area contributed by atoms with Crippen LogP contribution in [0.2, 0.25) is 0 Å². The standard InChI is InChI=1S/C110H86F5N9O6S2.CH4.2Zn/c1-51-37-55(5)91(56(6)38-51)98-75-23-21-73(117-75)97(67-17-19-70(116)20-18-67)74-22-24-76(118-74)99(92-57(7)39-52(2)40-58(92)8)78-26-30-84(120-78)102(83-29-25-77(98)119-83)95-63(13)45-68(46-64(95)14)71-50-90(132(126,127)128)72(49-89(71)131-130-129-125)69-47-65(15)96(66(16)48-69)103-85-31-27-79(121-85)100(93-59(9)41-53(3)42-60(93)10)81-33-35-87(123-81)104(105-106(111)108(113)110(115)109(114)107(105)112)88-36-34-82(124-88)101(80-28-32-86(103)122-80)94-61(11)43-54(4)44-62(94)12;;;/h17-50,125H,116H2,1-16H3,(H,126,127,128);1H4;;/q-4;;2*+2/p-2. The van der Waals surface area contributed by atoms with Gasteiger partial charge in [0.15, 0.2) is 23.3 Å². The summed E-state index contributed by atoms with van der Waals surface area (Å²) >= 11 is 0.542. The fourth-order valence-electron chi connectivity index (χ4n) is 20.4. The number of halogens is 5.